The SMILES string of the molecule is CCCSc1ccccc1N1CCN(CCCCN2C(=O)Cc3ccccc3C2=O)CC1.Cl. The van der Waals surface area contributed by atoms with Crippen LogP contribution in [0, 0.1) is 0 Å². The van der Waals surface area contributed by atoms with Gasteiger partial charge in [-0.05, 0) is 55.3 Å². The van der Waals surface area contributed by atoms with Gasteiger partial charge < -0.3 is 4.90 Å². The van der Waals surface area contributed by atoms with Crippen LogP contribution in [0.2, 0.25) is 0 Å². The van der Waals surface area contributed by atoms with E-state index in [2.05, 4.69) is 41.0 Å². The molecule has 1 saturated heterocycles. The number of nitrogens with zero attached hydrogens (tertiary/aromatic N) is 3. The quantitative estimate of drug-likeness (QED) is 0.290. The number of amides is 2. The van der Waals surface area contributed by atoms with E-state index < -0.39 is 0 Å². The van der Waals surface area contributed by atoms with Crippen LogP contribution >= 0.6 is 24.2 Å². The monoisotopic (exact) mass is 487 g/mol. The highest BCUT2D eigenvalue weighted by molar-refractivity contribution is 7.99. The Hall–Kier alpha value is -2.02. The van der Waals surface area contributed by atoms with E-state index in [-0.39, 0.29) is 24.2 Å². The van der Waals surface area contributed by atoms with Gasteiger partial charge in [-0.3, -0.25) is 19.4 Å². The summed E-state index contributed by atoms with van der Waals surface area (Å²) in [6, 6.07) is 16.2. The number of benzene rings is 2. The Kier molecular flexibility index (Phi) is 9.65. The molecule has 2 aliphatic rings. The lowest BCUT2D eigenvalue weighted by Gasteiger charge is -2.37. The van der Waals surface area contributed by atoms with Gasteiger partial charge in [-0.2, -0.15) is 0 Å². The van der Waals surface area contributed by atoms with Gasteiger partial charge in [0.05, 0.1) is 12.1 Å². The Labute approximate surface area is 207 Å². The molecule has 0 bridgehead atoms. The predicted octanol–water partition coefficient (Wildman–Crippen LogP) is 4.74. The summed E-state index contributed by atoms with van der Waals surface area (Å²) in [4.78, 5) is 32.9. The van der Waals surface area contributed by atoms with Gasteiger partial charge in [0.15, 0.2) is 0 Å². The number of rotatable bonds is 9. The molecule has 178 valence electrons. The molecule has 0 atom stereocenters. The van der Waals surface area contributed by atoms with Crippen LogP contribution in [0.1, 0.15) is 42.1 Å². The summed E-state index contributed by atoms with van der Waals surface area (Å²) in [5.41, 5.74) is 2.90. The molecule has 2 amide bonds. The standard InChI is InChI=1S/C26H33N3O2S.ClH/c1-2-19-32-24-12-6-5-11-23(24)28-17-15-27(16-18-28)13-7-8-14-29-25(30)20-21-9-3-4-10-22(21)26(29)31;/h3-6,9-12H,2,7-8,13-20H2,1H3;1H. The van der Waals surface area contributed by atoms with Crippen LogP contribution in [-0.2, 0) is 11.2 Å². The van der Waals surface area contributed by atoms with E-state index in [1.54, 1.807) is 0 Å². The van der Waals surface area contributed by atoms with E-state index in [0.29, 0.717) is 18.5 Å². The van der Waals surface area contributed by atoms with Gasteiger partial charge in [-0.25, -0.2) is 0 Å². The molecule has 0 unspecified atom stereocenters. The first kappa shape index (κ1) is 25.6. The van der Waals surface area contributed by atoms with Gasteiger partial charge >= 0.3 is 0 Å². The van der Waals surface area contributed by atoms with Crippen molar-refractivity contribution < 1.29 is 9.59 Å². The van der Waals surface area contributed by atoms with E-state index in [0.717, 1.165) is 56.9 Å². The van der Waals surface area contributed by atoms with Crippen LogP contribution in [0.25, 0.3) is 0 Å². The summed E-state index contributed by atoms with van der Waals surface area (Å²) in [5, 5.41) is 0. The van der Waals surface area contributed by atoms with Crippen molar-refractivity contribution in [2.75, 3.05) is 49.9 Å². The number of para-hydroxylation sites is 1. The van der Waals surface area contributed by atoms with E-state index in [9.17, 15) is 9.59 Å². The predicted molar refractivity (Wildman–Crippen MR) is 139 cm³/mol. The van der Waals surface area contributed by atoms with Crippen molar-refractivity contribution in [3.63, 3.8) is 0 Å². The molecule has 1 fully saturated rings. The van der Waals surface area contributed by atoms with Gasteiger partial charge in [-0.15, -0.1) is 24.2 Å². The lowest BCUT2D eigenvalue weighted by molar-refractivity contribution is -0.128. The van der Waals surface area contributed by atoms with Crippen LogP contribution in [0.5, 0.6) is 0 Å². The van der Waals surface area contributed by atoms with Gasteiger partial charge in [-0.1, -0.05) is 37.3 Å². The molecule has 0 N–H and O–H groups in total. The summed E-state index contributed by atoms with van der Waals surface area (Å²) >= 11 is 1.95. The molecule has 4 rings (SSSR count). The van der Waals surface area contributed by atoms with Gasteiger partial charge in [0.25, 0.3) is 5.91 Å². The molecule has 0 aliphatic carbocycles. The van der Waals surface area contributed by atoms with Crippen LogP contribution in [0.3, 0.4) is 0 Å². The highest BCUT2D eigenvalue weighted by atomic mass is 35.5. The molecule has 5 nitrogen and oxygen atoms in total. The average Bonchev–Trinajstić information content (AvgIpc) is 2.83. The lowest BCUT2D eigenvalue weighted by Crippen LogP contribution is -2.47. The number of piperazine rings is 1. The first-order valence-corrected chi connectivity index (χ1v) is 12.8. The number of thioether (sulfide) groups is 1. The van der Waals surface area contributed by atoms with E-state index >= 15 is 0 Å². The number of carbonyl (C=O) groups is 2. The maximum absolute atomic E-state index is 12.7. The molecule has 2 aromatic carbocycles. The van der Waals surface area contributed by atoms with Crippen molar-refractivity contribution >= 4 is 41.7 Å². The number of hydrogen-bond acceptors (Lipinski definition) is 5. The fourth-order valence-corrected chi connectivity index (χ4v) is 5.44. The van der Waals surface area contributed by atoms with Crippen molar-refractivity contribution in [1.82, 2.24) is 9.80 Å². The summed E-state index contributed by atoms with van der Waals surface area (Å²) in [6.45, 7) is 7.97. The second kappa shape index (κ2) is 12.4. The van der Waals surface area contributed by atoms with Crippen molar-refractivity contribution in [3.05, 3.63) is 59.7 Å². The Morgan fingerprint density at radius 2 is 1.58 bits per heavy atom. The summed E-state index contributed by atoms with van der Waals surface area (Å²) in [5.74, 6) is 0.955. The maximum atomic E-state index is 12.7. The number of carbonyl (C=O) groups excluding carboxylic acids is 2. The number of hydrogen-bond donors (Lipinski definition) is 0. The highest BCUT2D eigenvalue weighted by Gasteiger charge is 2.30. The Morgan fingerprint density at radius 3 is 2.36 bits per heavy atom. The van der Waals surface area contributed by atoms with Gasteiger partial charge in [0.2, 0.25) is 5.91 Å². The summed E-state index contributed by atoms with van der Waals surface area (Å²) in [7, 11) is 0. The van der Waals surface area contributed by atoms with Crippen molar-refractivity contribution in [1.29, 1.82) is 0 Å². The first-order valence-electron chi connectivity index (χ1n) is 11.8. The Morgan fingerprint density at radius 1 is 0.879 bits per heavy atom. The molecule has 7 heteroatoms. The third-order valence-electron chi connectivity index (χ3n) is 6.28. The largest absolute Gasteiger partial charge is 0.368 e. The van der Waals surface area contributed by atoms with Crippen LogP contribution < -0.4 is 4.90 Å². The molecule has 2 heterocycles. The molecule has 33 heavy (non-hydrogen) atoms. The van der Waals surface area contributed by atoms with Crippen LogP contribution in [-0.4, -0.2) is 66.6 Å². The van der Waals surface area contributed by atoms with E-state index in [4.69, 9.17) is 0 Å². The smallest absolute Gasteiger partial charge is 0.260 e. The van der Waals surface area contributed by atoms with Gasteiger partial charge in [0.1, 0.15) is 0 Å². The molecule has 2 aromatic rings. The summed E-state index contributed by atoms with van der Waals surface area (Å²) < 4.78 is 0. The number of anilines is 1. The highest BCUT2D eigenvalue weighted by Crippen LogP contribution is 2.31. The molecule has 2 aliphatic heterocycles. The Bertz CT molecular complexity index is 947. The van der Waals surface area contributed by atoms with Crippen molar-refractivity contribution in [2.45, 2.75) is 37.5 Å². The Balaban J connectivity index is 0.00000306. The number of imide groups is 1. The van der Waals surface area contributed by atoms with Gasteiger partial charge in [0, 0.05) is 43.2 Å². The van der Waals surface area contributed by atoms with Crippen LogP contribution in [0.15, 0.2) is 53.4 Å². The fourth-order valence-electron chi connectivity index (χ4n) is 4.50. The fraction of sp³-hybridized carbons (Fsp3) is 0.462. The number of unbranched alkanes of at least 4 members (excludes halogenated alkanes) is 1. The number of fused-ring (bicyclic) bond motifs is 1. The minimum absolute atomic E-state index is 0. The normalized spacial score (nSPS) is 16.5. The molecule has 0 radical (unpaired) electrons. The summed E-state index contributed by atoms with van der Waals surface area (Å²) in [6.07, 6.45) is 3.38. The van der Waals surface area contributed by atoms with Crippen molar-refractivity contribution in [2.24, 2.45) is 0 Å². The maximum Gasteiger partial charge on any atom is 0.260 e. The first-order chi connectivity index (χ1) is 15.7. The third kappa shape index (κ3) is 6.31. The molecule has 0 aromatic heterocycles. The number of halogens is 1. The van der Waals surface area contributed by atoms with E-state index in [1.807, 2.05) is 36.0 Å². The molecule has 0 spiro atoms. The lowest BCUT2D eigenvalue weighted by atomic mass is 9.98. The molecular formula is C26H34ClN3O2S. The molecular weight excluding hydrogens is 454 g/mol. The zero-order chi connectivity index (χ0) is 22.3. The second-order valence-corrected chi connectivity index (χ2v) is 9.67. The third-order valence-corrected chi connectivity index (χ3v) is 7.55. The molecule has 0 saturated carbocycles. The van der Waals surface area contributed by atoms with Crippen molar-refractivity contribution in [3.8, 4) is 0 Å². The van der Waals surface area contributed by atoms with E-state index in [1.165, 1.54) is 21.9 Å². The zero-order valence-corrected chi connectivity index (χ0v) is 21.0. The topological polar surface area (TPSA) is 43.9 Å². The van der Waals surface area contributed by atoms with Crippen LogP contribution in [0.4, 0.5) is 5.69 Å². The average molecular weight is 488 g/mol. The zero-order valence-electron chi connectivity index (χ0n) is 19.4. The minimum Gasteiger partial charge on any atom is -0.368 e. The minimum atomic E-state index is -0.134. The second-order valence-electron chi connectivity index (χ2n) is 8.54.